The highest BCUT2D eigenvalue weighted by Crippen LogP contribution is 2.29. The average Bonchev–Trinajstić information content (AvgIpc) is 2.33. The number of nitrogens with zero attached hydrogens (tertiary/aromatic N) is 3. The first-order chi connectivity index (χ1) is 8.50. The second-order valence-electron chi connectivity index (χ2n) is 4.03. The van der Waals surface area contributed by atoms with Crippen LogP contribution in [0, 0.1) is 3.57 Å². The topological polar surface area (TPSA) is 38.7 Å². The van der Waals surface area contributed by atoms with Crippen molar-refractivity contribution < 1.29 is 0 Å². The highest BCUT2D eigenvalue weighted by Gasteiger charge is 2.16. The third kappa shape index (κ3) is 2.83. The molecule has 0 aliphatic heterocycles. The van der Waals surface area contributed by atoms with Crippen LogP contribution >= 0.6 is 50.1 Å². The van der Waals surface area contributed by atoms with Crippen molar-refractivity contribution in [3.63, 3.8) is 0 Å². The molecule has 94 valence electrons. The van der Waals surface area contributed by atoms with Gasteiger partial charge in [0.05, 0.1) is 9.26 Å². The SMILES string of the molecule is CC(C)c1nc(-c2ncccc2Br)nc(Cl)c1I. The van der Waals surface area contributed by atoms with E-state index < -0.39 is 0 Å². The zero-order valence-corrected chi connectivity index (χ0v) is 14.3. The zero-order chi connectivity index (χ0) is 13.3. The molecule has 2 heterocycles. The summed E-state index contributed by atoms with van der Waals surface area (Å²) in [6, 6.07) is 3.76. The molecule has 18 heavy (non-hydrogen) atoms. The summed E-state index contributed by atoms with van der Waals surface area (Å²) in [6.45, 7) is 4.16. The second-order valence-corrected chi connectivity index (χ2v) is 6.32. The summed E-state index contributed by atoms with van der Waals surface area (Å²) < 4.78 is 1.76. The van der Waals surface area contributed by atoms with Crippen LogP contribution in [0.1, 0.15) is 25.5 Å². The molecule has 0 N–H and O–H groups in total. The van der Waals surface area contributed by atoms with Crippen LogP contribution in [-0.4, -0.2) is 15.0 Å². The first kappa shape index (κ1) is 14.1. The lowest BCUT2D eigenvalue weighted by Crippen LogP contribution is -2.03. The summed E-state index contributed by atoms with van der Waals surface area (Å²) >= 11 is 11.8. The Kier molecular flexibility index (Phi) is 4.55. The number of aromatic nitrogens is 3. The fraction of sp³-hybridized carbons (Fsp3) is 0.250. The van der Waals surface area contributed by atoms with E-state index in [2.05, 4.69) is 67.3 Å². The van der Waals surface area contributed by atoms with Gasteiger partial charge in [-0.25, -0.2) is 9.97 Å². The maximum absolute atomic E-state index is 6.16. The van der Waals surface area contributed by atoms with Gasteiger partial charge in [0.1, 0.15) is 10.8 Å². The van der Waals surface area contributed by atoms with Gasteiger partial charge in [0.25, 0.3) is 0 Å². The van der Waals surface area contributed by atoms with Gasteiger partial charge in [-0.15, -0.1) is 0 Å². The Bertz CT molecular complexity index is 590. The third-order valence-corrected chi connectivity index (χ3v) is 4.65. The van der Waals surface area contributed by atoms with Crippen LogP contribution in [0.25, 0.3) is 11.5 Å². The van der Waals surface area contributed by atoms with E-state index in [1.807, 2.05) is 12.1 Å². The zero-order valence-electron chi connectivity index (χ0n) is 9.78. The fourth-order valence-electron chi connectivity index (χ4n) is 1.47. The number of pyridine rings is 1. The highest BCUT2D eigenvalue weighted by molar-refractivity contribution is 14.1. The molecule has 0 bridgehead atoms. The molecule has 3 nitrogen and oxygen atoms in total. The number of halogens is 3. The van der Waals surface area contributed by atoms with Gasteiger partial charge in [-0.2, -0.15) is 0 Å². The molecule has 2 aromatic heterocycles. The van der Waals surface area contributed by atoms with Gasteiger partial charge in [-0.1, -0.05) is 25.4 Å². The summed E-state index contributed by atoms with van der Waals surface area (Å²) in [7, 11) is 0. The molecule has 0 aliphatic rings. The van der Waals surface area contributed by atoms with Crippen molar-refractivity contribution in [2.75, 3.05) is 0 Å². The average molecular weight is 438 g/mol. The molecule has 0 aromatic carbocycles. The van der Waals surface area contributed by atoms with Crippen LogP contribution in [-0.2, 0) is 0 Å². The van der Waals surface area contributed by atoms with Crippen LogP contribution in [0.4, 0.5) is 0 Å². The van der Waals surface area contributed by atoms with E-state index in [1.54, 1.807) is 6.20 Å². The van der Waals surface area contributed by atoms with Crippen molar-refractivity contribution in [2.24, 2.45) is 0 Å². The first-order valence-corrected chi connectivity index (χ1v) is 7.59. The Labute approximate surface area is 133 Å². The molecule has 0 saturated carbocycles. The Morgan fingerprint density at radius 3 is 2.67 bits per heavy atom. The fourth-order valence-corrected chi connectivity index (χ4v) is 2.95. The molecule has 2 aromatic rings. The molecular formula is C12H10BrClIN3. The second kappa shape index (κ2) is 5.79. The lowest BCUT2D eigenvalue weighted by atomic mass is 10.1. The van der Waals surface area contributed by atoms with Gasteiger partial charge in [-0.05, 0) is 56.6 Å². The van der Waals surface area contributed by atoms with E-state index in [-0.39, 0.29) is 0 Å². The normalized spacial score (nSPS) is 11.0. The summed E-state index contributed by atoms with van der Waals surface area (Å²) in [4.78, 5) is 13.2. The van der Waals surface area contributed by atoms with E-state index in [0.717, 1.165) is 13.7 Å². The molecule has 2 rings (SSSR count). The quantitative estimate of drug-likeness (QED) is 0.505. The molecule has 6 heteroatoms. The van der Waals surface area contributed by atoms with E-state index in [9.17, 15) is 0 Å². The van der Waals surface area contributed by atoms with Crippen molar-refractivity contribution >= 4 is 50.1 Å². The van der Waals surface area contributed by atoms with Gasteiger partial charge in [0, 0.05) is 10.7 Å². The molecule has 0 amide bonds. The molecule has 0 atom stereocenters. The Morgan fingerprint density at radius 2 is 2.06 bits per heavy atom. The minimum absolute atomic E-state index is 0.290. The molecular weight excluding hydrogens is 428 g/mol. The van der Waals surface area contributed by atoms with E-state index in [1.165, 1.54) is 0 Å². The molecule has 0 unspecified atom stereocenters. The first-order valence-electron chi connectivity index (χ1n) is 5.34. The molecule has 0 fully saturated rings. The predicted molar refractivity (Wildman–Crippen MR) is 84.8 cm³/mol. The van der Waals surface area contributed by atoms with E-state index in [0.29, 0.717) is 22.6 Å². The van der Waals surface area contributed by atoms with Crippen LogP contribution in [0.5, 0.6) is 0 Å². The van der Waals surface area contributed by atoms with Crippen LogP contribution in [0.15, 0.2) is 22.8 Å². The highest BCUT2D eigenvalue weighted by atomic mass is 127. The number of rotatable bonds is 2. The predicted octanol–water partition coefficient (Wildman–Crippen LogP) is 4.68. The minimum Gasteiger partial charge on any atom is -0.252 e. The van der Waals surface area contributed by atoms with Crippen molar-refractivity contribution in [1.29, 1.82) is 0 Å². The minimum atomic E-state index is 0.290. The van der Waals surface area contributed by atoms with Crippen LogP contribution < -0.4 is 0 Å². The van der Waals surface area contributed by atoms with Crippen molar-refractivity contribution in [3.05, 3.63) is 37.2 Å². The summed E-state index contributed by atoms with van der Waals surface area (Å²) in [6.07, 6.45) is 1.71. The van der Waals surface area contributed by atoms with Crippen LogP contribution in [0.3, 0.4) is 0 Å². The third-order valence-electron chi connectivity index (χ3n) is 2.35. The monoisotopic (exact) mass is 437 g/mol. The van der Waals surface area contributed by atoms with Crippen LogP contribution in [0.2, 0.25) is 5.15 Å². The van der Waals surface area contributed by atoms with Crippen molar-refractivity contribution in [2.45, 2.75) is 19.8 Å². The Hall–Kier alpha value is -0.270. The Balaban J connectivity index is 2.63. The van der Waals surface area contributed by atoms with Crippen molar-refractivity contribution in [3.8, 4) is 11.5 Å². The van der Waals surface area contributed by atoms with E-state index in [4.69, 9.17) is 11.6 Å². The van der Waals surface area contributed by atoms with Gasteiger partial charge in [0.15, 0.2) is 5.82 Å². The lowest BCUT2D eigenvalue weighted by Gasteiger charge is -2.11. The van der Waals surface area contributed by atoms with Crippen molar-refractivity contribution in [1.82, 2.24) is 15.0 Å². The van der Waals surface area contributed by atoms with Gasteiger partial charge in [0.2, 0.25) is 0 Å². The van der Waals surface area contributed by atoms with Gasteiger partial charge >= 0.3 is 0 Å². The number of hydrogen-bond acceptors (Lipinski definition) is 3. The molecule has 0 saturated heterocycles. The van der Waals surface area contributed by atoms with E-state index >= 15 is 0 Å². The maximum atomic E-state index is 6.16. The molecule has 0 radical (unpaired) electrons. The lowest BCUT2D eigenvalue weighted by molar-refractivity contribution is 0.807. The largest absolute Gasteiger partial charge is 0.252 e. The maximum Gasteiger partial charge on any atom is 0.181 e. The van der Waals surface area contributed by atoms with Gasteiger partial charge in [-0.3, -0.25) is 4.98 Å². The summed E-state index contributed by atoms with van der Waals surface area (Å²) in [5, 5.41) is 0.474. The summed E-state index contributed by atoms with van der Waals surface area (Å²) in [5.74, 6) is 0.843. The smallest absolute Gasteiger partial charge is 0.181 e. The Morgan fingerprint density at radius 1 is 1.33 bits per heavy atom. The number of hydrogen-bond donors (Lipinski definition) is 0. The van der Waals surface area contributed by atoms with Gasteiger partial charge < -0.3 is 0 Å². The molecule has 0 aliphatic carbocycles. The summed E-state index contributed by atoms with van der Waals surface area (Å²) in [5.41, 5.74) is 1.65. The molecule has 0 spiro atoms. The standard InChI is InChI=1S/C12H10BrClIN3/c1-6(2)9-8(15)11(14)18-12(17-9)10-7(13)4-3-5-16-10/h3-6H,1-2H3.